The highest BCUT2D eigenvalue weighted by Gasteiger charge is 2.20. The summed E-state index contributed by atoms with van der Waals surface area (Å²) in [5.74, 6) is 0.622. The molecule has 1 aromatic carbocycles. The number of rotatable bonds is 3. The second kappa shape index (κ2) is 5.38. The molecule has 0 amide bonds. The van der Waals surface area contributed by atoms with Crippen molar-refractivity contribution < 1.29 is 0 Å². The number of benzene rings is 1. The molecular weight excluding hydrogens is 256 g/mol. The average Bonchev–Trinajstić information content (AvgIpc) is 3.03. The van der Waals surface area contributed by atoms with Crippen molar-refractivity contribution in [3.63, 3.8) is 0 Å². The van der Waals surface area contributed by atoms with Crippen LogP contribution >= 0.6 is 11.6 Å². The fourth-order valence-electron chi connectivity index (χ4n) is 2.81. The van der Waals surface area contributed by atoms with E-state index in [0.717, 1.165) is 11.7 Å². The summed E-state index contributed by atoms with van der Waals surface area (Å²) in [6.07, 6.45) is 5.18. The van der Waals surface area contributed by atoms with Crippen LogP contribution in [0.1, 0.15) is 48.4 Å². The van der Waals surface area contributed by atoms with Crippen molar-refractivity contribution in [3.8, 4) is 0 Å². The molecule has 1 aliphatic carbocycles. The van der Waals surface area contributed by atoms with Gasteiger partial charge in [-0.05, 0) is 31.4 Å². The quantitative estimate of drug-likeness (QED) is 0.803. The summed E-state index contributed by atoms with van der Waals surface area (Å²) < 4.78 is 1.92. The Bertz CT molecular complexity index is 551. The molecule has 3 rings (SSSR count). The van der Waals surface area contributed by atoms with E-state index in [1.54, 1.807) is 0 Å². The van der Waals surface area contributed by atoms with Crippen LogP contribution in [-0.4, -0.2) is 9.78 Å². The standard InChI is InChI=1S/C16H19ClN2/c1-12-6-8-13(9-7-12)11-19-16(17)10-15(18-19)14-4-2-3-5-14/h6-10,14H,2-5,11H2,1H3. The van der Waals surface area contributed by atoms with E-state index in [2.05, 4.69) is 31.2 Å². The summed E-state index contributed by atoms with van der Waals surface area (Å²) in [7, 11) is 0. The highest BCUT2D eigenvalue weighted by Crippen LogP contribution is 2.34. The van der Waals surface area contributed by atoms with Gasteiger partial charge < -0.3 is 0 Å². The molecule has 0 unspecified atom stereocenters. The zero-order chi connectivity index (χ0) is 13.2. The third-order valence-corrected chi connectivity index (χ3v) is 4.28. The monoisotopic (exact) mass is 274 g/mol. The second-order valence-electron chi connectivity index (χ2n) is 5.52. The number of hydrogen-bond acceptors (Lipinski definition) is 1. The van der Waals surface area contributed by atoms with Crippen LogP contribution in [0.3, 0.4) is 0 Å². The lowest BCUT2D eigenvalue weighted by atomic mass is 10.1. The van der Waals surface area contributed by atoms with Gasteiger partial charge >= 0.3 is 0 Å². The summed E-state index contributed by atoms with van der Waals surface area (Å²) in [6.45, 7) is 2.86. The van der Waals surface area contributed by atoms with Crippen molar-refractivity contribution in [1.82, 2.24) is 9.78 Å². The van der Waals surface area contributed by atoms with Crippen molar-refractivity contribution >= 4 is 11.6 Å². The van der Waals surface area contributed by atoms with Crippen molar-refractivity contribution in [1.29, 1.82) is 0 Å². The first-order chi connectivity index (χ1) is 9.22. The van der Waals surface area contributed by atoms with Gasteiger partial charge in [0, 0.05) is 5.92 Å². The fraction of sp³-hybridized carbons (Fsp3) is 0.438. The largest absolute Gasteiger partial charge is 0.249 e. The lowest BCUT2D eigenvalue weighted by Gasteiger charge is -2.05. The first-order valence-corrected chi connectivity index (χ1v) is 7.39. The van der Waals surface area contributed by atoms with Gasteiger partial charge in [-0.15, -0.1) is 0 Å². The van der Waals surface area contributed by atoms with Gasteiger partial charge in [-0.2, -0.15) is 5.10 Å². The molecule has 0 bridgehead atoms. The highest BCUT2D eigenvalue weighted by molar-refractivity contribution is 6.29. The molecule has 0 radical (unpaired) electrons. The molecule has 1 heterocycles. The smallest absolute Gasteiger partial charge is 0.127 e. The van der Waals surface area contributed by atoms with E-state index in [4.69, 9.17) is 16.7 Å². The second-order valence-corrected chi connectivity index (χ2v) is 5.90. The van der Waals surface area contributed by atoms with Crippen LogP contribution in [0.5, 0.6) is 0 Å². The van der Waals surface area contributed by atoms with E-state index in [1.165, 1.54) is 42.5 Å². The van der Waals surface area contributed by atoms with Crippen LogP contribution in [0.2, 0.25) is 5.15 Å². The maximum absolute atomic E-state index is 6.31. The topological polar surface area (TPSA) is 17.8 Å². The van der Waals surface area contributed by atoms with Gasteiger partial charge in [0.25, 0.3) is 0 Å². The summed E-state index contributed by atoms with van der Waals surface area (Å²) in [5, 5.41) is 5.45. The minimum atomic E-state index is 0.622. The van der Waals surface area contributed by atoms with Gasteiger partial charge in [-0.25, -0.2) is 4.68 Å². The Morgan fingerprint density at radius 1 is 1.21 bits per heavy atom. The van der Waals surface area contributed by atoms with Crippen molar-refractivity contribution in [2.75, 3.05) is 0 Å². The van der Waals surface area contributed by atoms with E-state index < -0.39 is 0 Å². The molecule has 1 aromatic heterocycles. The lowest BCUT2D eigenvalue weighted by molar-refractivity contribution is 0.629. The molecule has 0 N–H and O–H groups in total. The number of halogens is 1. The maximum atomic E-state index is 6.31. The Balaban J connectivity index is 1.79. The average molecular weight is 275 g/mol. The number of aromatic nitrogens is 2. The van der Waals surface area contributed by atoms with Crippen molar-refractivity contribution in [2.45, 2.75) is 45.1 Å². The van der Waals surface area contributed by atoms with Gasteiger partial charge in [-0.1, -0.05) is 54.3 Å². The molecule has 3 heteroatoms. The molecule has 0 spiro atoms. The molecule has 100 valence electrons. The zero-order valence-electron chi connectivity index (χ0n) is 11.3. The maximum Gasteiger partial charge on any atom is 0.127 e. The summed E-state index contributed by atoms with van der Waals surface area (Å²) in [6, 6.07) is 10.6. The van der Waals surface area contributed by atoms with Gasteiger partial charge in [-0.3, -0.25) is 0 Å². The highest BCUT2D eigenvalue weighted by atomic mass is 35.5. The minimum absolute atomic E-state index is 0.622. The predicted octanol–water partition coefficient (Wildman–Crippen LogP) is 4.55. The van der Waals surface area contributed by atoms with Gasteiger partial charge in [0.15, 0.2) is 0 Å². The molecule has 2 aromatic rings. The minimum Gasteiger partial charge on any atom is -0.249 e. The van der Waals surface area contributed by atoms with E-state index in [0.29, 0.717) is 5.92 Å². The Morgan fingerprint density at radius 2 is 1.89 bits per heavy atom. The molecule has 19 heavy (non-hydrogen) atoms. The van der Waals surface area contributed by atoms with Crippen LogP contribution in [0.15, 0.2) is 30.3 Å². The van der Waals surface area contributed by atoms with Crippen molar-refractivity contribution in [3.05, 3.63) is 52.3 Å². The van der Waals surface area contributed by atoms with Crippen LogP contribution < -0.4 is 0 Å². The summed E-state index contributed by atoms with van der Waals surface area (Å²) in [4.78, 5) is 0. The predicted molar refractivity (Wildman–Crippen MR) is 78.7 cm³/mol. The van der Waals surface area contributed by atoms with Crippen LogP contribution in [0, 0.1) is 6.92 Å². The van der Waals surface area contributed by atoms with E-state index in [1.807, 2.05) is 10.7 Å². The summed E-state index contributed by atoms with van der Waals surface area (Å²) in [5.41, 5.74) is 3.70. The van der Waals surface area contributed by atoms with Gasteiger partial charge in [0.05, 0.1) is 12.2 Å². The molecule has 0 saturated heterocycles. The zero-order valence-corrected chi connectivity index (χ0v) is 12.0. The normalized spacial score (nSPS) is 16.1. The van der Waals surface area contributed by atoms with Gasteiger partial charge in [0.2, 0.25) is 0 Å². The Labute approximate surface area is 119 Å². The summed E-state index contributed by atoms with van der Waals surface area (Å²) >= 11 is 6.31. The lowest BCUT2D eigenvalue weighted by Crippen LogP contribution is -2.03. The number of nitrogens with zero attached hydrogens (tertiary/aromatic N) is 2. The number of hydrogen-bond donors (Lipinski definition) is 0. The molecule has 1 aliphatic rings. The molecule has 1 fully saturated rings. The van der Waals surface area contributed by atoms with E-state index in [-0.39, 0.29) is 0 Å². The SMILES string of the molecule is Cc1ccc(Cn2nc(C3CCCC3)cc2Cl)cc1. The Hall–Kier alpha value is -1.28. The van der Waals surface area contributed by atoms with Crippen LogP contribution in [0.4, 0.5) is 0 Å². The third kappa shape index (κ3) is 2.84. The number of aryl methyl sites for hydroxylation is 1. The first kappa shape index (κ1) is 12.7. The van der Waals surface area contributed by atoms with E-state index in [9.17, 15) is 0 Å². The fourth-order valence-corrected chi connectivity index (χ4v) is 3.02. The molecule has 0 atom stereocenters. The molecular formula is C16H19ClN2. The van der Waals surface area contributed by atoms with Crippen LogP contribution in [0.25, 0.3) is 0 Å². The Kier molecular flexibility index (Phi) is 3.61. The molecule has 2 nitrogen and oxygen atoms in total. The molecule has 1 saturated carbocycles. The van der Waals surface area contributed by atoms with Crippen LogP contribution in [-0.2, 0) is 6.54 Å². The van der Waals surface area contributed by atoms with Crippen molar-refractivity contribution in [2.24, 2.45) is 0 Å². The van der Waals surface area contributed by atoms with E-state index >= 15 is 0 Å². The first-order valence-electron chi connectivity index (χ1n) is 7.01. The Morgan fingerprint density at radius 3 is 2.58 bits per heavy atom. The van der Waals surface area contributed by atoms with Gasteiger partial charge in [0.1, 0.15) is 5.15 Å². The third-order valence-electron chi connectivity index (χ3n) is 3.98. The molecule has 0 aliphatic heterocycles.